The molecule has 0 aliphatic carbocycles. The van der Waals surface area contributed by atoms with Crippen LogP contribution in [0.15, 0.2) is 12.1 Å². The van der Waals surface area contributed by atoms with E-state index in [2.05, 4.69) is 6.92 Å². The summed E-state index contributed by atoms with van der Waals surface area (Å²) in [6.45, 7) is 2.09. The molecule has 0 bridgehead atoms. The van der Waals surface area contributed by atoms with Crippen molar-refractivity contribution in [3.63, 3.8) is 0 Å². The van der Waals surface area contributed by atoms with Gasteiger partial charge in [-0.1, -0.05) is 24.9 Å². The second-order valence-electron chi connectivity index (χ2n) is 3.19. The molecule has 0 amide bonds. The van der Waals surface area contributed by atoms with Crippen LogP contribution in [-0.4, -0.2) is 11.2 Å². The molecule has 0 fully saturated rings. The van der Waals surface area contributed by atoms with Gasteiger partial charge in [-0.15, -0.1) is 11.3 Å². The largest absolute Gasteiger partial charge is 0.393 e. The molecule has 1 N–H and O–H groups in total. The predicted molar refractivity (Wildman–Crippen MR) is 58.6 cm³/mol. The fourth-order valence-corrected chi connectivity index (χ4v) is 2.38. The highest BCUT2D eigenvalue weighted by Crippen LogP contribution is 2.23. The number of halogens is 1. The van der Waals surface area contributed by atoms with Crippen LogP contribution in [0.25, 0.3) is 0 Å². The fourth-order valence-electron chi connectivity index (χ4n) is 1.27. The van der Waals surface area contributed by atoms with Crippen LogP contribution in [0.4, 0.5) is 0 Å². The van der Waals surface area contributed by atoms with Gasteiger partial charge < -0.3 is 5.11 Å². The first-order valence-electron chi connectivity index (χ1n) is 4.64. The zero-order valence-electron chi connectivity index (χ0n) is 7.79. The molecule has 1 nitrogen and oxygen atoms in total. The van der Waals surface area contributed by atoms with Crippen molar-refractivity contribution < 1.29 is 5.11 Å². The summed E-state index contributed by atoms with van der Waals surface area (Å²) in [6, 6.07) is 3.94. The molecule has 0 saturated carbocycles. The first-order valence-corrected chi connectivity index (χ1v) is 5.84. The van der Waals surface area contributed by atoms with E-state index in [1.807, 2.05) is 12.1 Å². The predicted octanol–water partition coefficient (Wildman–Crippen LogP) is 3.50. The van der Waals surface area contributed by atoms with Crippen molar-refractivity contribution in [1.29, 1.82) is 0 Å². The van der Waals surface area contributed by atoms with E-state index in [9.17, 15) is 5.11 Å². The van der Waals surface area contributed by atoms with Crippen molar-refractivity contribution in [2.75, 3.05) is 0 Å². The number of hydrogen-bond donors (Lipinski definition) is 1. The minimum absolute atomic E-state index is 0.147. The molecule has 1 rings (SSSR count). The van der Waals surface area contributed by atoms with E-state index in [-0.39, 0.29) is 6.10 Å². The summed E-state index contributed by atoms with van der Waals surface area (Å²) in [7, 11) is 0. The minimum Gasteiger partial charge on any atom is -0.393 e. The van der Waals surface area contributed by atoms with Crippen LogP contribution < -0.4 is 0 Å². The van der Waals surface area contributed by atoms with Gasteiger partial charge in [0.2, 0.25) is 0 Å². The lowest BCUT2D eigenvalue weighted by Crippen LogP contribution is -2.06. The zero-order chi connectivity index (χ0) is 9.68. The van der Waals surface area contributed by atoms with E-state index in [0.29, 0.717) is 0 Å². The van der Waals surface area contributed by atoms with Gasteiger partial charge in [0.05, 0.1) is 10.4 Å². The first kappa shape index (κ1) is 11.0. The quantitative estimate of drug-likeness (QED) is 0.802. The summed E-state index contributed by atoms with van der Waals surface area (Å²) >= 11 is 7.40. The number of thiophene rings is 1. The second-order valence-corrected chi connectivity index (χ2v) is 4.99. The first-order chi connectivity index (χ1) is 6.22. The molecule has 0 aliphatic rings. The molecule has 3 heteroatoms. The Morgan fingerprint density at radius 3 is 2.77 bits per heavy atom. The van der Waals surface area contributed by atoms with Crippen LogP contribution in [-0.2, 0) is 6.42 Å². The van der Waals surface area contributed by atoms with Crippen molar-refractivity contribution in [3.8, 4) is 0 Å². The van der Waals surface area contributed by atoms with Crippen molar-refractivity contribution in [1.82, 2.24) is 0 Å². The highest BCUT2D eigenvalue weighted by atomic mass is 35.5. The lowest BCUT2D eigenvalue weighted by atomic mass is 10.1. The van der Waals surface area contributed by atoms with Gasteiger partial charge in [-0.05, 0) is 31.4 Å². The maximum atomic E-state index is 9.49. The van der Waals surface area contributed by atoms with E-state index < -0.39 is 0 Å². The average molecular weight is 219 g/mol. The summed E-state index contributed by atoms with van der Waals surface area (Å²) in [5, 5.41) is 9.49. The van der Waals surface area contributed by atoms with Gasteiger partial charge in [0, 0.05) is 4.88 Å². The molecule has 0 saturated heterocycles. The molecule has 1 unspecified atom stereocenters. The van der Waals surface area contributed by atoms with Crippen molar-refractivity contribution in [3.05, 3.63) is 21.3 Å². The molecule has 1 aromatic heterocycles. The smallest absolute Gasteiger partial charge is 0.0931 e. The maximum Gasteiger partial charge on any atom is 0.0931 e. The molecule has 1 heterocycles. The van der Waals surface area contributed by atoms with Gasteiger partial charge in [0.15, 0.2) is 0 Å². The van der Waals surface area contributed by atoms with Crippen LogP contribution in [0.5, 0.6) is 0 Å². The lowest BCUT2D eigenvalue weighted by Gasteiger charge is -2.06. The third-order valence-electron chi connectivity index (χ3n) is 1.97. The van der Waals surface area contributed by atoms with E-state index in [1.165, 1.54) is 4.88 Å². The molecule has 0 spiro atoms. The maximum absolute atomic E-state index is 9.49. The Hall–Kier alpha value is -0.0500. The van der Waals surface area contributed by atoms with Crippen molar-refractivity contribution >= 4 is 22.9 Å². The van der Waals surface area contributed by atoms with Crippen LogP contribution in [0.3, 0.4) is 0 Å². The van der Waals surface area contributed by atoms with Crippen LogP contribution in [0, 0.1) is 0 Å². The molecular formula is C10H15ClOS. The molecule has 74 valence electrons. The van der Waals surface area contributed by atoms with Crippen molar-refractivity contribution in [2.45, 2.75) is 38.7 Å². The van der Waals surface area contributed by atoms with Crippen LogP contribution in [0.1, 0.15) is 31.1 Å². The van der Waals surface area contributed by atoms with Crippen molar-refractivity contribution in [2.24, 2.45) is 0 Å². The second kappa shape index (κ2) is 5.63. The summed E-state index contributed by atoms with van der Waals surface area (Å²) in [5.74, 6) is 0. The summed E-state index contributed by atoms with van der Waals surface area (Å²) in [5.41, 5.74) is 0. The molecule has 13 heavy (non-hydrogen) atoms. The Morgan fingerprint density at radius 2 is 2.23 bits per heavy atom. The molecule has 0 radical (unpaired) electrons. The Bertz CT molecular complexity index is 247. The fraction of sp³-hybridized carbons (Fsp3) is 0.600. The van der Waals surface area contributed by atoms with Gasteiger partial charge >= 0.3 is 0 Å². The summed E-state index contributed by atoms with van der Waals surface area (Å²) in [6.07, 6.45) is 3.60. The van der Waals surface area contributed by atoms with Gasteiger partial charge in [-0.3, -0.25) is 0 Å². The van der Waals surface area contributed by atoms with Gasteiger partial charge in [-0.2, -0.15) is 0 Å². The van der Waals surface area contributed by atoms with E-state index in [0.717, 1.165) is 30.0 Å². The van der Waals surface area contributed by atoms with Gasteiger partial charge in [-0.25, -0.2) is 0 Å². The minimum atomic E-state index is -0.147. The Balaban J connectivity index is 2.26. The molecule has 0 aromatic carbocycles. The molecule has 0 aliphatic heterocycles. The SMILES string of the molecule is CCCC(O)CCc1ccc(Cl)s1. The standard InChI is InChI=1S/C10H15ClOS/c1-2-3-8(12)4-5-9-6-7-10(11)13-9/h6-8,12H,2-5H2,1H3. The number of aryl methyl sites for hydroxylation is 1. The molecular weight excluding hydrogens is 204 g/mol. The lowest BCUT2D eigenvalue weighted by molar-refractivity contribution is 0.154. The Kier molecular flexibility index (Phi) is 4.78. The van der Waals surface area contributed by atoms with E-state index >= 15 is 0 Å². The Morgan fingerprint density at radius 1 is 1.46 bits per heavy atom. The number of aliphatic hydroxyl groups excluding tert-OH is 1. The van der Waals surface area contributed by atoms with E-state index in [4.69, 9.17) is 11.6 Å². The third-order valence-corrected chi connectivity index (χ3v) is 3.27. The third kappa shape index (κ3) is 4.12. The zero-order valence-corrected chi connectivity index (χ0v) is 9.37. The highest BCUT2D eigenvalue weighted by molar-refractivity contribution is 7.16. The highest BCUT2D eigenvalue weighted by Gasteiger charge is 2.04. The van der Waals surface area contributed by atoms with Crippen LogP contribution >= 0.6 is 22.9 Å². The summed E-state index contributed by atoms with van der Waals surface area (Å²) < 4.78 is 0.833. The number of rotatable bonds is 5. The average Bonchev–Trinajstić information content (AvgIpc) is 2.49. The van der Waals surface area contributed by atoms with Crippen LogP contribution in [0.2, 0.25) is 4.34 Å². The van der Waals surface area contributed by atoms with Gasteiger partial charge in [0.1, 0.15) is 0 Å². The number of aliphatic hydroxyl groups is 1. The normalized spacial score (nSPS) is 13.2. The van der Waals surface area contributed by atoms with E-state index in [1.54, 1.807) is 11.3 Å². The molecule has 1 aromatic rings. The summed E-state index contributed by atoms with van der Waals surface area (Å²) in [4.78, 5) is 1.26. The molecule has 1 atom stereocenters. The Labute approximate surface area is 88.4 Å². The topological polar surface area (TPSA) is 20.2 Å². The van der Waals surface area contributed by atoms with Gasteiger partial charge in [0.25, 0.3) is 0 Å². The monoisotopic (exact) mass is 218 g/mol. The number of hydrogen-bond acceptors (Lipinski definition) is 2.